The van der Waals surface area contributed by atoms with Crippen LogP contribution in [0.25, 0.3) is 0 Å². The predicted octanol–water partition coefficient (Wildman–Crippen LogP) is 3.11. The molecule has 0 N–H and O–H groups in total. The Kier molecular flexibility index (Phi) is 7.29. The number of halogens is 1. The minimum absolute atomic E-state index is 0. The molecule has 0 aliphatic carbocycles. The van der Waals surface area contributed by atoms with E-state index in [0.717, 1.165) is 6.16 Å². The summed E-state index contributed by atoms with van der Waals surface area (Å²) in [4.78, 5) is 0. The van der Waals surface area contributed by atoms with Crippen LogP contribution in [-0.2, 0) is 6.16 Å². The summed E-state index contributed by atoms with van der Waals surface area (Å²) in [6.07, 6.45) is 1.04. The molecule has 152 valence electrons. The number of hydrogen-bond acceptors (Lipinski definition) is 0. The highest BCUT2D eigenvalue weighted by Crippen LogP contribution is 2.59. The third-order valence-corrected chi connectivity index (χ3v) is 10.3. The molecule has 4 aromatic carbocycles. The summed E-state index contributed by atoms with van der Waals surface area (Å²) in [5.41, 5.74) is 5.53. The molecular formula is C28H28BrP. The van der Waals surface area contributed by atoms with E-state index in [2.05, 4.69) is 124 Å². The largest absolute Gasteiger partial charge is 1.00 e. The third-order valence-electron chi connectivity index (χ3n) is 5.83. The van der Waals surface area contributed by atoms with Gasteiger partial charge in [0.15, 0.2) is 0 Å². The van der Waals surface area contributed by atoms with Crippen molar-refractivity contribution < 1.29 is 17.0 Å². The van der Waals surface area contributed by atoms with Crippen LogP contribution in [0.5, 0.6) is 0 Å². The van der Waals surface area contributed by atoms with Crippen LogP contribution in [0.1, 0.15) is 22.3 Å². The molecule has 4 aromatic rings. The van der Waals surface area contributed by atoms with Crippen LogP contribution in [0.2, 0.25) is 0 Å². The predicted molar refractivity (Wildman–Crippen MR) is 130 cm³/mol. The molecule has 0 spiro atoms. The van der Waals surface area contributed by atoms with Crippen molar-refractivity contribution in [2.24, 2.45) is 0 Å². The van der Waals surface area contributed by atoms with Gasteiger partial charge in [0, 0.05) is 0 Å². The normalized spacial score (nSPS) is 11.0. The van der Waals surface area contributed by atoms with Gasteiger partial charge < -0.3 is 17.0 Å². The lowest BCUT2D eigenvalue weighted by molar-refractivity contribution is -0.00000589. The van der Waals surface area contributed by atoms with E-state index in [1.807, 2.05) is 0 Å². The summed E-state index contributed by atoms with van der Waals surface area (Å²) in [6.45, 7) is 6.69. The Bertz CT molecular complexity index is 1060. The monoisotopic (exact) mass is 474 g/mol. The molecular weight excluding hydrogens is 447 g/mol. The minimum Gasteiger partial charge on any atom is -1.00 e. The van der Waals surface area contributed by atoms with E-state index in [1.165, 1.54) is 38.2 Å². The fourth-order valence-electron chi connectivity index (χ4n) is 4.33. The van der Waals surface area contributed by atoms with Gasteiger partial charge in [0.1, 0.15) is 23.2 Å². The molecule has 0 saturated carbocycles. The van der Waals surface area contributed by atoms with Gasteiger partial charge in [0.25, 0.3) is 0 Å². The summed E-state index contributed by atoms with van der Waals surface area (Å²) in [5.74, 6) is 0. The number of aryl methyl sites for hydroxylation is 3. The van der Waals surface area contributed by atoms with Crippen molar-refractivity contribution in [2.45, 2.75) is 26.9 Å². The van der Waals surface area contributed by atoms with E-state index in [1.54, 1.807) is 0 Å². The molecule has 0 radical (unpaired) electrons. The molecule has 0 fully saturated rings. The summed E-state index contributed by atoms with van der Waals surface area (Å²) in [7, 11) is -1.85. The first-order valence-electron chi connectivity index (χ1n) is 10.2. The maximum absolute atomic E-state index is 2.35. The molecule has 0 aromatic heterocycles. The van der Waals surface area contributed by atoms with Gasteiger partial charge in [-0.2, -0.15) is 0 Å². The smallest absolute Gasteiger partial charge is 0.116 e. The third kappa shape index (κ3) is 4.29. The van der Waals surface area contributed by atoms with E-state index < -0.39 is 7.26 Å². The van der Waals surface area contributed by atoms with Crippen LogP contribution in [-0.4, -0.2) is 0 Å². The van der Waals surface area contributed by atoms with Crippen molar-refractivity contribution in [2.75, 3.05) is 0 Å². The molecule has 0 unspecified atom stereocenters. The highest BCUT2D eigenvalue weighted by molar-refractivity contribution is 7.95. The zero-order chi connectivity index (χ0) is 20.3. The molecule has 0 nitrogen and oxygen atoms in total. The quantitative estimate of drug-likeness (QED) is 0.390. The molecule has 2 heteroatoms. The Balaban J connectivity index is 0.00000256. The average molecular weight is 475 g/mol. The summed E-state index contributed by atoms with van der Waals surface area (Å²) >= 11 is 0. The van der Waals surface area contributed by atoms with E-state index in [4.69, 9.17) is 0 Å². The Hall–Kier alpha value is -2.21. The minimum atomic E-state index is -1.85. The van der Waals surface area contributed by atoms with Gasteiger partial charge in [-0.15, -0.1) is 0 Å². The van der Waals surface area contributed by atoms with Crippen LogP contribution in [0.4, 0.5) is 0 Å². The molecule has 0 saturated heterocycles. The topological polar surface area (TPSA) is 0 Å². The Morgan fingerprint density at radius 2 is 1.10 bits per heavy atom. The lowest BCUT2D eigenvalue weighted by Crippen LogP contribution is -3.00. The SMILES string of the molecule is Cc1ccc(C[P+](c2ccccc2)(c2ccccc2)c2ccccc2C)c(C)c1.[Br-]. The van der Waals surface area contributed by atoms with Crippen molar-refractivity contribution in [1.82, 2.24) is 0 Å². The number of benzene rings is 4. The maximum Gasteiger partial charge on any atom is 0.116 e. The summed E-state index contributed by atoms with van der Waals surface area (Å²) < 4.78 is 0. The highest BCUT2D eigenvalue weighted by atomic mass is 79.9. The van der Waals surface area contributed by atoms with Crippen molar-refractivity contribution >= 4 is 23.2 Å². The van der Waals surface area contributed by atoms with Crippen LogP contribution < -0.4 is 32.9 Å². The molecule has 0 heterocycles. The molecule has 4 rings (SSSR count). The van der Waals surface area contributed by atoms with Crippen molar-refractivity contribution in [1.29, 1.82) is 0 Å². The second-order valence-electron chi connectivity index (χ2n) is 7.86. The van der Waals surface area contributed by atoms with Gasteiger partial charge in [0.05, 0.1) is 6.16 Å². The molecule has 0 bridgehead atoms. The fourth-order valence-corrected chi connectivity index (χ4v) is 8.97. The van der Waals surface area contributed by atoms with Crippen LogP contribution in [0, 0.1) is 20.8 Å². The number of rotatable bonds is 5. The Labute approximate surface area is 192 Å². The lowest BCUT2D eigenvalue weighted by Gasteiger charge is -2.29. The van der Waals surface area contributed by atoms with Crippen LogP contribution >= 0.6 is 7.26 Å². The summed E-state index contributed by atoms with van der Waals surface area (Å²) in [5, 5.41) is 4.37. The Morgan fingerprint density at radius 1 is 0.567 bits per heavy atom. The fraction of sp³-hybridized carbons (Fsp3) is 0.143. The van der Waals surface area contributed by atoms with Crippen LogP contribution in [0.3, 0.4) is 0 Å². The molecule has 0 amide bonds. The molecule has 0 aliphatic heterocycles. The lowest BCUT2D eigenvalue weighted by atomic mass is 10.1. The van der Waals surface area contributed by atoms with E-state index >= 15 is 0 Å². The van der Waals surface area contributed by atoms with Gasteiger partial charge in [-0.1, -0.05) is 78.4 Å². The van der Waals surface area contributed by atoms with E-state index in [0.29, 0.717) is 0 Å². The zero-order valence-electron chi connectivity index (χ0n) is 17.8. The first kappa shape index (κ1) is 22.5. The van der Waals surface area contributed by atoms with Crippen molar-refractivity contribution in [3.05, 3.63) is 125 Å². The van der Waals surface area contributed by atoms with Gasteiger partial charge >= 0.3 is 0 Å². The second-order valence-corrected chi connectivity index (χ2v) is 11.3. The van der Waals surface area contributed by atoms with E-state index in [-0.39, 0.29) is 17.0 Å². The van der Waals surface area contributed by atoms with E-state index in [9.17, 15) is 0 Å². The zero-order valence-corrected chi connectivity index (χ0v) is 20.3. The van der Waals surface area contributed by atoms with Crippen molar-refractivity contribution in [3.63, 3.8) is 0 Å². The second kappa shape index (κ2) is 9.73. The van der Waals surface area contributed by atoms with Gasteiger partial charge in [0.2, 0.25) is 0 Å². The van der Waals surface area contributed by atoms with Crippen LogP contribution in [0.15, 0.2) is 103 Å². The molecule has 30 heavy (non-hydrogen) atoms. The van der Waals surface area contributed by atoms with Gasteiger partial charge in [-0.05, 0) is 67.8 Å². The maximum atomic E-state index is 2.35. The number of hydrogen-bond donors (Lipinski definition) is 0. The average Bonchev–Trinajstić information content (AvgIpc) is 2.75. The first-order chi connectivity index (χ1) is 14.1. The van der Waals surface area contributed by atoms with Gasteiger partial charge in [-0.3, -0.25) is 0 Å². The summed E-state index contributed by atoms with van der Waals surface area (Å²) in [6, 6.07) is 38.2. The standard InChI is InChI=1S/C28H28P.BrH/c1-22-18-19-25(24(3)20-22)21-29(26-13-6-4-7-14-26,27-15-8-5-9-16-27)28-17-11-10-12-23(28)2;/h4-20H,21H2,1-3H3;1H/q+1;/p-1. The molecule has 0 atom stereocenters. The first-order valence-corrected chi connectivity index (χ1v) is 12.2. The van der Waals surface area contributed by atoms with Gasteiger partial charge in [-0.25, -0.2) is 0 Å². The molecule has 0 aliphatic rings. The van der Waals surface area contributed by atoms with Crippen molar-refractivity contribution in [3.8, 4) is 0 Å². The Morgan fingerprint density at radius 3 is 1.63 bits per heavy atom. The highest BCUT2D eigenvalue weighted by Gasteiger charge is 2.46.